The molecule has 0 unspecified atom stereocenters. The maximum atomic E-state index is 9.61. The fraction of sp³-hybridized carbons (Fsp3) is 0.571. The first-order chi connectivity index (χ1) is 7.11. The van der Waals surface area contributed by atoms with Crippen LogP contribution in [0.25, 0.3) is 0 Å². The van der Waals surface area contributed by atoms with Gasteiger partial charge in [-0.05, 0) is 48.4 Å². The van der Waals surface area contributed by atoms with Crippen molar-refractivity contribution < 1.29 is 5.11 Å². The van der Waals surface area contributed by atoms with E-state index in [1.54, 1.807) is 0 Å². The molecule has 1 N–H and O–H groups in total. The van der Waals surface area contributed by atoms with Gasteiger partial charge < -0.3 is 5.11 Å². The molecule has 0 heterocycles. The van der Waals surface area contributed by atoms with E-state index in [0.29, 0.717) is 11.7 Å². The molecule has 1 aromatic rings. The van der Waals surface area contributed by atoms with E-state index in [4.69, 9.17) is 0 Å². The lowest BCUT2D eigenvalue weighted by Crippen LogP contribution is -1.95. The van der Waals surface area contributed by atoms with E-state index in [-0.39, 0.29) is 0 Å². The van der Waals surface area contributed by atoms with E-state index in [1.165, 1.54) is 24.0 Å². The molecule has 1 heteroatoms. The zero-order valence-corrected chi connectivity index (χ0v) is 10.1. The molecule has 15 heavy (non-hydrogen) atoms. The van der Waals surface area contributed by atoms with Gasteiger partial charge in [0, 0.05) is 0 Å². The van der Waals surface area contributed by atoms with Crippen LogP contribution in [-0.2, 0) is 12.8 Å². The van der Waals surface area contributed by atoms with Crippen LogP contribution < -0.4 is 0 Å². The van der Waals surface area contributed by atoms with Crippen molar-refractivity contribution in [2.24, 2.45) is 5.92 Å². The zero-order chi connectivity index (χ0) is 11.3. The lowest BCUT2D eigenvalue weighted by molar-refractivity contribution is 0.473. The third kappa shape index (κ3) is 4.37. The Morgan fingerprint density at radius 1 is 1.13 bits per heavy atom. The minimum Gasteiger partial charge on any atom is -0.508 e. The molecule has 0 fully saturated rings. The van der Waals surface area contributed by atoms with E-state index in [9.17, 15) is 5.11 Å². The van der Waals surface area contributed by atoms with Crippen molar-refractivity contribution in [2.45, 2.75) is 46.5 Å². The van der Waals surface area contributed by atoms with Gasteiger partial charge >= 0.3 is 0 Å². The van der Waals surface area contributed by atoms with E-state index in [0.717, 1.165) is 12.8 Å². The van der Waals surface area contributed by atoms with Crippen molar-refractivity contribution in [2.75, 3.05) is 0 Å². The van der Waals surface area contributed by atoms with Crippen LogP contribution in [0.5, 0.6) is 5.75 Å². The standard InChI is InChI=1S/C14H22O/c1-4-5-6-12-8-13(7-11(2)3)10-14(15)9-12/h8-11,15H,4-7H2,1-3H3. The van der Waals surface area contributed by atoms with Crippen LogP contribution in [0, 0.1) is 5.92 Å². The molecule has 0 saturated heterocycles. The highest BCUT2D eigenvalue weighted by Gasteiger charge is 2.02. The van der Waals surface area contributed by atoms with Crippen LogP contribution in [0.3, 0.4) is 0 Å². The van der Waals surface area contributed by atoms with Gasteiger partial charge in [0.05, 0.1) is 0 Å². The van der Waals surface area contributed by atoms with Gasteiger partial charge in [-0.3, -0.25) is 0 Å². The fourth-order valence-corrected chi connectivity index (χ4v) is 1.86. The normalized spacial score (nSPS) is 10.9. The maximum absolute atomic E-state index is 9.61. The van der Waals surface area contributed by atoms with Crippen molar-refractivity contribution in [3.63, 3.8) is 0 Å². The third-order valence-corrected chi connectivity index (χ3v) is 2.50. The summed E-state index contributed by atoms with van der Waals surface area (Å²) in [6.45, 7) is 6.60. The summed E-state index contributed by atoms with van der Waals surface area (Å²) >= 11 is 0. The Kier molecular flexibility index (Phi) is 4.67. The highest BCUT2D eigenvalue weighted by atomic mass is 16.3. The molecule has 0 bridgehead atoms. The van der Waals surface area contributed by atoms with Gasteiger partial charge in [0.2, 0.25) is 0 Å². The molecule has 0 aliphatic carbocycles. The molecule has 0 amide bonds. The smallest absolute Gasteiger partial charge is 0.116 e. The third-order valence-electron chi connectivity index (χ3n) is 2.50. The molecule has 0 aliphatic rings. The van der Waals surface area contributed by atoms with Crippen molar-refractivity contribution in [1.29, 1.82) is 0 Å². The molecular weight excluding hydrogens is 184 g/mol. The summed E-state index contributed by atoms with van der Waals surface area (Å²) in [7, 11) is 0. The number of phenols is 1. The van der Waals surface area contributed by atoms with Crippen LogP contribution in [0.15, 0.2) is 18.2 Å². The topological polar surface area (TPSA) is 20.2 Å². The van der Waals surface area contributed by atoms with Gasteiger partial charge in [-0.15, -0.1) is 0 Å². The first-order valence-corrected chi connectivity index (χ1v) is 5.93. The number of unbranched alkanes of at least 4 members (excludes halogenated alkanes) is 1. The summed E-state index contributed by atoms with van der Waals surface area (Å²) in [6.07, 6.45) is 4.53. The summed E-state index contributed by atoms with van der Waals surface area (Å²) in [5, 5.41) is 9.61. The second-order valence-corrected chi connectivity index (χ2v) is 4.71. The number of benzene rings is 1. The number of hydrogen-bond acceptors (Lipinski definition) is 1. The summed E-state index contributed by atoms with van der Waals surface area (Å²) in [5.74, 6) is 1.06. The summed E-state index contributed by atoms with van der Waals surface area (Å²) in [6, 6.07) is 6.00. The molecule has 84 valence electrons. The lowest BCUT2D eigenvalue weighted by Gasteiger charge is -2.08. The van der Waals surface area contributed by atoms with Crippen molar-refractivity contribution in [3.05, 3.63) is 29.3 Å². The predicted octanol–water partition coefficient (Wildman–Crippen LogP) is 3.93. The second kappa shape index (κ2) is 5.79. The Bertz CT molecular complexity index is 302. The highest BCUT2D eigenvalue weighted by Crippen LogP contribution is 2.19. The maximum Gasteiger partial charge on any atom is 0.116 e. The van der Waals surface area contributed by atoms with Crippen molar-refractivity contribution in [3.8, 4) is 5.75 Å². The minimum atomic E-state index is 0.416. The first-order valence-electron chi connectivity index (χ1n) is 5.93. The molecule has 0 aromatic heterocycles. The Morgan fingerprint density at radius 2 is 1.80 bits per heavy atom. The number of hydrogen-bond donors (Lipinski definition) is 1. The second-order valence-electron chi connectivity index (χ2n) is 4.71. The number of aryl methyl sites for hydroxylation is 1. The molecule has 0 spiro atoms. The van der Waals surface area contributed by atoms with E-state index < -0.39 is 0 Å². The Hall–Kier alpha value is -0.980. The Labute approximate surface area is 93.1 Å². The molecule has 0 saturated carbocycles. The first kappa shape index (κ1) is 12.1. The summed E-state index contributed by atoms with van der Waals surface area (Å²) in [4.78, 5) is 0. The van der Waals surface area contributed by atoms with Crippen molar-refractivity contribution >= 4 is 0 Å². The monoisotopic (exact) mass is 206 g/mol. The predicted molar refractivity (Wildman–Crippen MR) is 65.3 cm³/mol. The Balaban J connectivity index is 2.75. The van der Waals surface area contributed by atoms with E-state index in [1.807, 2.05) is 12.1 Å². The average molecular weight is 206 g/mol. The molecule has 1 aromatic carbocycles. The largest absolute Gasteiger partial charge is 0.508 e. The molecular formula is C14H22O. The van der Waals surface area contributed by atoms with Gasteiger partial charge in [-0.25, -0.2) is 0 Å². The molecule has 1 rings (SSSR count). The summed E-state index contributed by atoms with van der Waals surface area (Å²) < 4.78 is 0. The zero-order valence-electron chi connectivity index (χ0n) is 10.1. The van der Waals surface area contributed by atoms with E-state index in [2.05, 4.69) is 26.8 Å². The molecule has 0 aliphatic heterocycles. The summed E-state index contributed by atoms with van der Waals surface area (Å²) in [5.41, 5.74) is 2.53. The molecule has 1 nitrogen and oxygen atoms in total. The van der Waals surface area contributed by atoms with Crippen LogP contribution in [0.4, 0.5) is 0 Å². The molecule has 0 atom stereocenters. The lowest BCUT2D eigenvalue weighted by atomic mass is 9.98. The fourth-order valence-electron chi connectivity index (χ4n) is 1.86. The van der Waals surface area contributed by atoms with Crippen LogP contribution >= 0.6 is 0 Å². The number of phenolic OH excluding ortho intramolecular Hbond substituents is 1. The van der Waals surface area contributed by atoms with E-state index >= 15 is 0 Å². The SMILES string of the molecule is CCCCc1cc(O)cc(CC(C)C)c1. The van der Waals surface area contributed by atoms with Crippen molar-refractivity contribution in [1.82, 2.24) is 0 Å². The number of aromatic hydroxyl groups is 1. The molecule has 0 radical (unpaired) electrons. The van der Waals surface area contributed by atoms with Crippen LogP contribution in [-0.4, -0.2) is 5.11 Å². The average Bonchev–Trinajstić information content (AvgIpc) is 2.12. The van der Waals surface area contributed by atoms with Gasteiger partial charge in [0.25, 0.3) is 0 Å². The minimum absolute atomic E-state index is 0.416. The van der Waals surface area contributed by atoms with Crippen LogP contribution in [0.2, 0.25) is 0 Å². The Morgan fingerprint density at radius 3 is 2.40 bits per heavy atom. The van der Waals surface area contributed by atoms with Gasteiger partial charge in [0.1, 0.15) is 5.75 Å². The van der Waals surface area contributed by atoms with Gasteiger partial charge in [0.15, 0.2) is 0 Å². The van der Waals surface area contributed by atoms with Gasteiger partial charge in [-0.1, -0.05) is 33.3 Å². The van der Waals surface area contributed by atoms with Crippen LogP contribution in [0.1, 0.15) is 44.7 Å². The quantitative estimate of drug-likeness (QED) is 0.773. The highest BCUT2D eigenvalue weighted by molar-refractivity contribution is 5.33. The number of rotatable bonds is 5. The van der Waals surface area contributed by atoms with Gasteiger partial charge in [-0.2, -0.15) is 0 Å².